The van der Waals surface area contributed by atoms with Crippen molar-refractivity contribution in [1.82, 2.24) is 4.90 Å². The van der Waals surface area contributed by atoms with Gasteiger partial charge in [-0.05, 0) is 37.3 Å². The number of amides is 1. The van der Waals surface area contributed by atoms with Crippen LogP contribution in [0.5, 0.6) is 0 Å². The lowest BCUT2D eigenvalue weighted by atomic mass is 9.99. The molecule has 0 aromatic heterocycles. The molecule has 1 aromatic carbocycles. The van der Waals surface area contributed by atoms with E-state index in [1.807, 2.05) is 17.9 Å². The SMILES string of the molecule is CC(N)CCCC(=O)N1CC=C(c2ccccc2)CC1. The van der Waals surface area contributed by atoms with Crippen LogP contribution in [0, 0.1) is 0 Å². The Morgan fingerprint density at radius 2 is 2.10 bits per heavy atom. The van der Waals surface area contributed by atoms with E-state index in [0.717, 1.165) is 32.4 Å². The van der Waals surface area contributed by atoms with E-state index >= 15 is 0 Å². The van der Waals surface area contributed by atoms with Crippen molar-refractivity contribution in [2.75, 3.05) is 13.1 Å². The second-order valence-electron chi connectivity index (χ2n) is 5.55. The normalized spacial score (nSPS) is 16.7. The number of benzene rings is 1. The number of carbonyl (C=O) groups excluding carboxylic acids is 1. The summed E-state index contributed by atoms with van der Waals surface area (Å²) in [7, 11) is 0. The Bertz CT molecular complexity index is 465. The first-order valence-electron chi connectivity index (χ1n) is 7.44. The van der Waals surface area contributed by atoms with Gasteiger partial charge in [0.05, 0.1) is 0 Å². The molecule has 1 amide bonds. The molecule has 2 rings (SSSR count). The molecule has 20 heavy (non-hydrogen) atoms. The van der Waals surface area contributed by atoms with E-state index in [1.165, 1.54) is 11.1 Å². The average molecular weight is 272 g/mol. The van der Waals surface area contributed by atoms with E-state index < -0.39 is 0 Å². The largest absolute Gasteiger partial charge is 0.339 e. The summed E-state index contributed by atoms with van der Waals surface area (Å²) in [4.78, 5) is 14.0. The first kappa shape index (κ1) is 14.8. The minimum atomic E-state index is 0.189. The Morgan fingerprint density at radius 3 is 2.70 bits per heavy atom. The third kappa shape index (κ3) is 4.20. The lowest BCUT2D eigenvalue weighted by Gasteiger charge is -2.27. The Kier molecular flexibility index (Phi) is 5.36. The number of rotatable bonds is 5. The van der Waals surface area contributed by atoms with Gasteiger partial charge < -0.3 is 10.6 Å². The maximum atomic E-state index is 12.1. The maximum Gasteiger partial charge on any atom is 0.222 e. The smallest absolute Gasteiger partial charge is 0.222 e. The minimum Gasteiger partial charge on any atom is -0.339 e. The van der Waals surface area contributed by atoms with Crippen molar-refractivity contribution in [3.8, 4) is 0 Å². The summed E-state index contributed by atoms with van der Waals surface area (Å²) in [5.41, 5.74) is 8.33. The van der Waals surface area contributed by atoms with Crippen LogP contribution in [-0.2, 0) is 4.79 Å². The summed E-state index contributed by atoms with van der Waals surface area (Å²) >= 11 is 0. The van der Waals surface area contributed by atoms with Crippen molar-refractivity contribution >= 4 is 11.5 Å². The first-order chi connectivity index (χ1) is 9.66. The van der Waals surface area contributed by atoms with Crippen LogP contribution < -0.4 is 5.73 Å². The molecule has 1 aromatic rings. The summed E-state index contributed by atoms with van der Waals surface area (Å²) in [6, 6.07) is 10.6. The van der Waals surface area contributed by atoms with Gasteiger partial charge in [0.25, 0.3) is 0 Å². The molecule has 0 aliphatic carbocycles. The molecular formula is C17H24N2O. The number of nitrogens with two attached hydrogens (primary N) is 1. The summed E-state index contributed by atoms with van der Waals surface area (Å²) in [6.45, 7) is 3.55. The van der Waals surface area contributed by atoms with Gasteiger partial charge >= 0.3 is 0 Å². The van der Waals surface area contributed by atoms with Gasteiger partial charge in [-0.2, -0.15) is 0 Å². The molecule has 1 atom stereocenters. The van der Waals surface area contributed by atoms with Crippen LogP contribution >= 0.6 is 0 Å². The Hall–Kier alpha value is -1.61. The molecule has 0 bridgehead atoms. The van der Waals surface area contributed by atoms with Crippen molar-refractivity contribution in [1.29, 1.82) is 0 Å². The minimum absolute atomic E-state index is 0.189. The molecule has 1 aliphatic rings. The van der Waals surface area contributed by atoms with Gasteiger partial charge in [0.1, 0.15) is 0 Å². The molecule has 0 spiro atoms. The van der Waals surface area contributed by atoms with Crippen LogP contribution in [0.1, 0.15) is 38.2 Å². The van der Waals surface area contributed by atoms with Crippen molar-refractivity contribution in [3.63, 3.8) is 0 Å². The molecule has 108 valence electrons. The zero-order chi connectivity index (χ0) is 14.4. The van der Waals surface area contributed by atoms with Crippen LogP contribution in [0.25, 0.3) is 5.57 Å². The molecule has 0 radical (unpaired) electrons. The van der Waals surface area contributed by atoms with Gasteiger partial charge in [0.2, 0.25) is 5.91 Å². The summed E-state index contributed by atoms with van der Waals surface area (Å²) in [6.07, 6.45) is 5.56. The molecular weight excluding hydrogens is 248 g/mol. The molecule has 1 unspecified atom stereocenters. The standard InChI is InChI=1S/C17H24N2O/c1-14(18)6-5-9-17(20)19-12-10-16(11-13-19)15-7-3-2-4-8-15/h2-4,7-8,10,14H,5-6,9,11-13,18H2,1H3. The molecule has 0 saturated heterocycles. The van der Waals surface area contributed by atoms with Gasteiger partial charge in [0.15, 0.2) is 0 Å². The Labute approximate surface area is 121 Å². The quantitative estimate of drug-likeness (QED) is 0.896. The van der Waals surface area contributed by atoms with Crippen LogP contribution in [0.15, 0.2) is 36.4 Å². The molecule has 2 N–H and O–H groups in total. The Balaban J connectivity index is 1.84. The van der Waals surface area contributed by atoms with Crippen LogP contribution in [-0.4, -0.2) is 29.9 Å². The van der Waals surface area contributed by atoms with E-state index in [1.54, 1.807) is 0 Å². The predicted molar refractivity (Wildman–Crippen MR) is 83.1 cm³/mol. The average Bonchev–Trinajstić information content (AvgIpc) is 2.48. The van der Waals surface area contributed by atoms with E-state index in [-0.39, 0.29) is 11.9 Å². The van der Waals surface area contributed by atoms with Gasteiger partial charge in [-0.15, -0.1) is 0 Å². The number of hydrogen-bond donors (Lipinski definition) is 1. The zero-order valence-corrected chi connectivity index (χ0v) is 12.2. The van der Waals surface area contributed by atoms with Gasteiger partial charge in [-0.1, -0.05) is 36.4 Å². The maximum absolute atomic E-state index is 12.1. The summed E-state index contributed by atoms with van der Waals surface area (Å²) in [5.74, 6) is 0.258. The highest BCUT2D eigenvalue weighted by molar-refractivity contribution is 5.78. The molecule has 3 heteroatoms. The van der Waals surface area contributed by atoms with E-state index in [9.17, 15) is 4.79 Å². The predicted octanol–water partition coefficient (Wildman–Crippen LogP) is 2.82. The van der Waals surface area contributed by atoms with E-state index in [4.69, 9.17) is 5.73 Å². The topological polar surface area (TPSA) is 46.3 Å². The molecule has 3 nitrogen and oxygen atoms in total. The highest BCUT2D eigenvalue weighted by Crippen LogP contribution is 2.22. The number of hydrogen-bond acceptors (Lipinski definition) is 2. The van der Waals surface area contributed by atoms with Crippen molar-refractivity contribution < 1.29 is 4.79 Å². The van der Waals surface area contributed by atoms with Gasteiger partial charge in [0, 0.05) is 25.6 Å². The van der Waals surface area contributed by atoms with Crippen molar-refractivity contribution in [3.05, 3.63) is 42.0 Å². The Morgan fingerprint density at radius 1 is 1.35 bits per heavy atom. The van der Waals surface area contributed by atoms with Crippen LogP contribution in [0.4, 0.5) is 0 Å². The van der Waals surface area contributed by atoms with E-state index in [0.29, 0.717) is 6.42 Å². The first-order valence-corrected chi connectivity index (χ1v) is 7.44. The fourth-order valence-corrected chi connectivity index (χ4v) is 2.54. The second-order valence-corrected chi connectivity index (χ2v) is 5.55. The second kappa shape index (κ2) is 7.25. The monoisotopic (exact) mass is 272 g/mol. The van der Waals surface area contributed by atoms with E-state index in [2.05, 4.69) is 30.3 Å². The summed E-state index contributed by atoms with van der Waals surface area (Å²) < 4.78 is 0. The lowest BCUT2D eigenvalue weighted by molar-refractivity contribution is -0.130. The van der Waals surface area contributed by atoms with Crippen molar-refractivity contribution in [2.45, 2.75) is 38.6 Å². The van der Waals surface area contributed by atoms with Gasteiger partial charge in [-0.3, -0.25) is 4.79 Å². The molecule has 0 saturated carbocycles. The highest BCUT2D eigenvalue weighted by Gasteiger charge is 2.17. The fraction of sp³-hybridized carbons (Fsp3) is 0.471. The fourth-order valence-electron chi connectivity index (χ4n) is 2.54. The molecule has 1 aliphatic heterocycles. The van der Waals surface area contributed by atoms with Crippen LogP contribution in [0.2, 0.25) is 0 Å². The molecule has 0 fully saturated rings. The molecule has 1 heterocycles. The number of carbonyl (C=O) groups is 1. The van der Waals surface area contributed by atoms with Crippen LogP contribution in [0.3, 0.4) is 0 Å². The third-order valence-electron chi connectivity index (χ3n) is 3.76. The number of nitrogens with zero attached hydrogens (tertiary/aromatic N) is 1. The zero-order valence-electron chi connectivity index (χ0n) is 12.2. The third-order valence-corrected chi connectivity index (χ3v) is 3.76. The summed E-state index contributed by atoms with van der Waals surface area (Å²) in [5, 5.41) is 0. The van der Waals surface area contributed by atoms with Gasteiger partial charge in [-0.25, -0.2) is 0 Å². The van der Waals surface area contributed by atoms with Crippen molar-refractivity contribution in [2.24, 2.45) is 5.73 Å². The highest BCUT2D eigenvalue weighted by atomic mass is 16.2. The lowest BCUT2D eigenvalue weighted by Crippen LogP contribution is -2.34.